The van der Waals surface area contributed by atoms with Crippen LogP contribution in [0.4, 0.5) is 5.82 Å². The Balaban J connectivity index is 2.31. The number of carboxylic acid groups (broad SMARTS) is 1. The molecule has 2 aromatic rings. The van der Waals surface area contributed by atoms with Crippen molar-refractivity contribution < 1.29 is 19.4 Å². The van der Waals surface area contributed by atoms with Crippen molar-refractivity contribution in [1.29, 1.82) is 0 Å². The Kier molecular flexibility index (Phi) is 5.46. The van der Waals surface area contributed by atoms with Gasteiger partial charge in [-0.05, 0) is 18.1 Å². The molecule has 1 atom stereocenters. The molecular formula is C21H20N3O6-. The van der Waals surface area contributed by atoms with Crippen LogP contribution in [-0.4, -0.2) is 27.7 Å². The fourth-order valence-electron chi connectivity index (χ4n) is 3.52. The first-order valence-electron chi connectivity index (χ1n) is 9.06. The molecule has 0 unspecified atom stereocenters. The number of nitrogens with one attached hydrogen (secondary N) is 1. The highest BCUT2D eigenvalue weighted by Gasteiger charge is 2.37. The monoisotopic (exact) mass is 410 g/mol. The highest BCUT2D eigenvalue weighted by Crippen LogP contribution is 2.39. The van der Waals surface area contributed by atoms with Crippen molar-refractivity contribution in [3.8, 4) is 0 Å². The minimum atomic E-state index is -1.34. The Morgan fingerprint density at radius 2 is 1.83 bits per heavy atom. The number of fused-ring (bicyclic) bond motifs is 1. The number of aromatic carboxylic acids is 1. The lowest BCUT2D eigenvalue weighted by Crippen LogP contribution is -2.43. The fourth-order valence-corrected chi connectivity index (χ4v) is 3.52. The molecule has 1 aromatic carbocycles. The van der Waals surface area contributed by atoms with E-state index in [0.29, 0.717) is 11.3 Å². The van der Waals surface area contributed by atoms with Gasteiger partial charge >= 0.3 is 11.7 Å². The average molecular weight is 410 g/mol. The van der Waals surface area contributed by atoms with Gasteiger partial charge in [0.2, 0.25) is 0 Å². The highest BCUT2D eigenvalue weighted by atomic mass is 16.5. The van der Waals surface area contributed by atoms with Crippen LogP contribution in [0.3, 0.4) is 0 Å². The number of aromatic nitrogens is 2. The van der Waals surface area contributed by atoms with Gasteiger partial charge in [0.1, 0.15) is 12.4 Å². The van der Waals surface area contributed by atoms with Crippen molar-refractivity contribution in [2.45, 2.75) is 12.8 Å². The third kappa shape index (κ3) is 3.34. The molecule has 0 radical (unpaired) electrons. The molecule has 9 nitrogen and oxygen atoms in total. The minimum absolute atomic E-state index is 0.0237. The van der Waals surface area contributed by atoms with Gasteiger partial charge < -0.3 is 20.0 Å². The first kappa shape index (κ1) is 20.8. The number of benzene rings is 1. The van der Waals surface area contributed by atoms with Crippen LogP contribution in [0.25, 0.3) is 0 Å². The molecule has 0 saturated heterocycles. The van der Waals surface area contributed by atoms with Gasteiger partial charge in [0, 0.05) is 19.8 Å². The number of hydrogen-bond donors (Lipinski definition) is 1. The van der Waals surface area contributed by atoms with E-state index in [4.69, 9.17) is 4.74 Å². The SMILES string of the molecule is C=CCOC(=O)C1=C(C)Nc2c(c(=O)n(C)c(=O)n2C)[C@@H]1c1ccc(C(=O)[O-])cc1. The summed E-state index contributed by atoms with van der Waals surface area (Å²) in [6, 6.07) is 5.68. The van der Waals surface area contributed by atoms with Gasteiger partial charge in [-0.15, -0.1) is 0 Å². The van der Waals surface area contributed by atoms with Crippen LogP contribution < -0.4 is 21.7 Å². The Bertz CT molecular complexity index is 1200. The van der Waals surface area contributed by atoms with Crippen molar-refractivity contribution >= 4 is 17.8 Å². The summed E-state index contributed by atoms with van der Waals surface area (Å²) >= 11 is 0. The summed E-state index contributed by atoms with van der Waals surface area (Å²) in [4.78, 5) is 49.4. The first-order valence-corrected chi connectivity index (χ1v) is 9.06. The van der Waals surface area contributed by atoms with Crippen molar-refractivity contribution in [2.24, 2.45) is 14.1 Å². The van der Waals surface area contributed by atoms with E-state index in [1.807, 2.05) is 0 Å². The summed E-state index contributed by atoms with van der Waals surface area (Å²) in [6.45, 7) is 5.13. The zero-order chi connectivity index (χ0) is 22.2. The summed E-state index contributed by atoms with van der Waals surface area (Å²) in [5.41, 5.74) is 0.118. The number of allylic oxidation sites excluding steroid dienone is 1. The Labute approximate surface area is 171 Å². The van der Waals surface area contributed by atoms with Gasteiger partial charge in [-0.3, -0.25) is 13.9 Å². The third-order valence-electron chi connectivity index (χ3n) is 5.02. The smallest absolute Gasteiger partial charge is 0.337 e. The number of anilines is 1. The number of carbonyl (C=O) groups is 2. The number of rotatable bonds is 5. The quantitative estimate of drug-likeness (QED) is 0.544. The molecule has 2 heterocycles. The second-order valence-corrected chi connectivity index (χ2v) is 6.86. The number of carbonyl (C=O) groups excluding carboxylic acids is 2. The van der Waals surface area contributed by atoms with Crippen molar-refractivity contribution in [3.63, 3.8) is 0 Å². The van der Waals surface area contributed by atoms with E-state index < -0.39 is 29.1 Å². The van der Waals surface area contributed by atoms with Crippen LogP contribution in [0.5, 0.6) is 0 Å². The summed E-state index contributed by atoms with van der Waals surface area (Å²) in [5.74, 6) is -2.62. The predicted molar refractivity (Wildman–Crippen MR) is 107 cm³/mol. The molecule has 1 aliphatic rings. The van der Waals surface area contributed by atoms with Gasteiger partial charge in [0.05, 0.1) is 23.0 Å². The second kappa shape index (κ2) is 7.86. The molecular weight excluding hydrogens is 390 g/mol. The van der Waals surface area contributed by atoms with Crippen LogP contribution in [0, 0.1) is 0 Å². The van der Waals surface area contributed by atoms with Gasteiger partial charge in [0.15, 0.2) is 0 Å². The fraction of sp³-hybridized carbons (Fsp3) is 0.238. The molecule has 3 rings (SSSR count). The van der Waals surface area contributed by atoms with Crippen molar-refractivity contribution in [1.82, 2.24) is 9.13 Å². The molecule has 0 amide bonds. The average Bonchev–Trinajstić information content (AvgIpc) is 2.73. The molecule has 0 aliphatic carbocycles. The Morgan fingerprint density at radius 3 is 2.40 bits per heavy atom. The standard InChI is InChI=1S/C21H21N3O6/c1-5-10-30-20(28)14-11(2)22-17-16(18(25)24(4)21(29)23(17)3)15(14)12-6-8-13(9-7-12)19(26)27/h5-9,15,22H,1,10H2,2-4H3,(H,26,27)/p-1/t15-/m1/s1. The molecule has 0 spiro atoms. The van der Waals surface area contributed by atoms with Gasteiger partial charge in [-0.1, -0.05) is 36.9 Å². The number of esters is 1. The lowest BCUT2D eigenvalue weighted by Gasteiger charge is -2.30. The van der Waals surface area contributed by atoms with Crippen LogP contribution in [0.15, 0.2) is 57.8 Å². The second-order valence-electron chi connectivity index (χ2n) is 6.86. The van der Waals surface area contributed by atoms with Crippen LogP contribution in [0.2, 0.25) is 0 Å². The van der Waals surface area contributed by atoms with Crippen LogP contribution in [0.1, 0.15) is 34.3 Å². The maximum Gasteiger partial charge on any atom is 0.337 e. The van der Waals surface area contributed by atoms with Gasteiger partial charge in [-0.25, -0.2) is 9.59 Å². The summed E-state index contributed by atoms with van der Waals surface area (Å²) in [6.07, 6.45) is 1.42. The molecule has 1 N–H and O–H groups in total. The maximum atomic E-state index is 13.0. The van der Waals surface area contributed by atoms with E-state index in [9.17, 15) is 24.3 Å². The summed E-state index contributed by atoms with van der Waals surface area (Å²) in [5, 5.41) is 14.1. The normalized spacial score (nSPS) is 15.2. The molecule has 0 fully saturated rings. The molecule has 1 aliphatic heterocycles. The van der Waals surface area contributed by atoms with E-state index in [-0.39, 0.29) is 29.1 Å². The molecule has 0 bridgehead atoms. The Hall–Kier alpha value is -3.88. The van der Waals surface area contributed by atoms with E-state index in [0.717, 1.165) is 4.57 Å². The minimum Gasteiger partial charge on any atom is -0.545 e. The molecule has 1 aromatic heterocycles. The van der Waals surface area contributed by atoms with Crippen molar-refractivity contribution in [2.75, 3.05) is 11.9 Å². The lowest BCUT2D eigenvalue weighted by atomic mass is 9.82. The topological polar surface area (TPSA) is 122 Å². The van der Waals surface area contributed by atoms with E-state index in [1.54, 1.807) is 6.92 Å². The van der Waals surface area contributed by atoms with Gasteiger partial charge in [-0.2, -0.15) is 0 Å². The van der Waals surface area contributed by atoms with E-state index in [1.165, 1.54) is 49.0 Å². The summed E-state index contributed by atoms with van der Waals surface area (Å²) < 4.78 is 7.46. The number of carboxylic acids is 1. The zero-order valence-electron chi connectivity index (χ0n) is 16.7. The molecule has 0 saturated carbocycles. The number of nitrogens with zero attached hydrogens (tertiary/aromatic N) is 2. The molecule has 156 valence electrons. The number of hydrogen-bond acceptors (Lipinski definition) is 7. The van der Waals surface area contributed by atoms with Crippen LogP contribution in [-0.2, 0) is 23.6 Å². The molecule has 9 heteroatoms. The first-order chi connectivity index (χ1) is 14.2. The Morgan fingerprint density at radius 1 is 1.20 bits per heavy atom. The third-order valence-corrected chi connectivity index (χ3v) is 5.02. The van der Waals surface area contributed by atoms with E-state index in [2.05, 4.69) is 11.9 Å². The van der Waals surface area contributed by atoms with E-state index >= 15 is 0 Å². The zero-order valence-corrected chi connectivity index (χ0v) is 16.7. The predicted octanol–water partition coefficient (Wildman–Crippen LogP) is 0.00810. The van der Waals surface area contributed by atoms with Crippen LogP contribution >= 0.6 is 0 Å². The van der Waals surface area contributed by atoms with Gasteiger partial charge in [0.25, 0.3) is 5.56 Å². The number of ether oxygens (including phenoxy) is 1. The largest absolute Gasteiger partial charge is 0.545 e. The lowest BCUT2D eigenvalue weighted by molar-refractivity contribution is -0.255. The highest BCUT2D eigenvalue weighted by molar-refractivity contribution is 5.94. The van der Waals surface area contributed by atoms with Crippen molar-refractivity contribution in [3.05, 3.63) is 85.7 Å². The molecule has 30 heavy (non-hydrogen) atoms. The summed E-state index contributed by atoms with van der Waals surface area (Å²) in [7, 11) is 2.86. The maximum absolute atomic E-state index is 13.0.